The molecule has 72 heavy (non-hydrogen) atoms. The molecule has 0 bridgehead atoms. The number of hydrogen-bond donors (Lipinski definition) is 1. The van der Waals surface area contributed by atoms with Crippen molar-refractivity contribution >= 4 is 68.7 Å². The van der Waals surface area contributed by atoms with Crippen LogP contribution < -0.4 is 25.0 Å². The summed E-state index contributed by atoms with van der Waals surface area (Å²) in [4.78, 5) is 73.0. The fourth-order valence-electron chi connectivity index (χ4n) is 6.52. The van der Waals surface area contributed by atoms with Gasteiger partial charge in [-0.3, -0.25) is 20.1 Å². The maximum Gasteiger partial charge on any atom is 0.424 e. The zero-order valence-electron chi connectivity index (χ0n) is 42.8. The topological polar surface area (TPSA) is 225 Å². The van der Waals surface area contributed by atoms with Crippen LogP contribution in [-0.4, -0.2) is 61.7 Å². The van der Waals surface area contributed by atoms with Crippen molar-refractivity contribution in [3.05, 3.63) is 138 Å². The Bertz CT molecular complexity index is 2830. The zero-order valence-corrected chi connectivity index (χ0v) is 45.1. The largest absolute Gasteiger partial charge is 0.488 e. The number of carbonyl (C=O) groups excluding carboxylic acids is 4. The van der Waals surface area contributed by atoms with E-state index in [-0.39, 0.29) is 58.8 Å². The van der Waals surface area contributed by atoms with Gasteiger partial charge in [0.25, 0.3) is 5.69 Å². The average molecular weight is 1170 g/mol. The molecule has 2 aromatic heterocycles. The zero-order chi connectivity index (χ0) is 51.8. The molecule has 0 aliphatic carbocycles. The summed E-state index contributed by atoms with van der Waals surface area (Å²) in [6, 6.07) is 24.2. The molecule has 4 amide bonds. The number of imide groups is 2. The van der Waals surface area contributed by atoms with Crippen LogP contribution in [0.3, 0.4) is 0 Å². The summed E-state index contributed by atoms with van der Waals surface area (Å²) in [5.41, 5.74) is 4.67. The van der Waals surface area contributed by atoms with Crippen LogP contribution in [0.2, 0.25) is 0 Å². The van der Waals surface area contributed by atoms with Gasteiger partial charge in [-0.25, -0.2) is 19.2 Å². The molecule has 2 N–H and O–H groups in total. The molecule has 18 nitrogen and oxygen atoms in total. The third-order valence-electron chi connectivity index (χ3n) is 9.30. The summed E-state index contributed by atoms with van der Waals surface area (Å²) in [6.45, 7) is 20.4. The molecule has 19 heteroatoms. The van der Waals surface area contributed by atoms with Gasteiger partial charge in [-0.15, -0.1) is 0 Å². The SMILES string of the molecule is CC(C)(C)OC(=O)N(C(=O)OC(C)(C)C)c1cnccc1COc1ccc(N)c2ccccc12.CC(C)(C)OC(=O)N(C(=O)OC(C)(C)C)c1cnccc1COc1ccc([N+](=O)[O-])c2ccccc12.[CH3-].[Pt]. The second-order valence-corrected chi connectivity index (χ2v) is 19.8. The van der Waals surface area contributed by atoms with Crippen molar-refractivity contribution in [2.45, 2.75) is 119 Å². The minimum absolute atomic E-state index is 0. The molecule has 0 saturated heterocycles. The minimum atomic E-state index is -0.924. The summed E-state index contributed by atoms with van der Waals surface area (Å²) in [6.07, 6.45) is 2.24. The smallest absolute Gasteiger partial charge is 0.424 e. The van der Waals surface area contributed by atoms with Crippen molar-refractivity contribution in [3.8, 4) is 11.5 Å². The summed E-state index contributed by atoms with van der Waals surface area (Å²) in [5, 5.41) is 14.1. The van der Waals surface area contributed by atoms with E-state index < -0.39 is 51.7 Å². The van der Waals surface area contributed by atoms with Crippen molar-refractivity contribution in [2.24, 2.45) is 0 Å². The molecule has 0 atom stereocenters. The standard InChI is InChI=1S/C26H29N3O7.C26H31N3O5.CH3.Pt/c1-25(2,3)35-23(30)28(24(31)36-26(4,5)6)21-15-27-14-13-17(21)16-34-22-12-11-20(29(32)33)18-9-7-8-10-19(18)22;1-25(2,3)33-23(30)29(24(31)34-26(4,5)6)21-15-28-14-13-17(21)16-32-22-12-11-20(27)18-9-7-8-10-19(18)22;;/h7-15H,16H2,1-6H3;7-15H,16,27H2,1-6H3;1H3;/q;;-1;. The van der Waals surface area contributed by atoms with Gasteiger partial charge in [0.1, 0.15) is 47.1 Å². The van der Waals surface area contributed by atoms with E-state index in [9.17, 15) is 29.3 Å². The normalized spacial score (nSPS) is 11.3. The van der Waals surface area contributed by atoms with E-state index in [1.165, 1.54) is 30.7 Å². The Morgan fingerprint density at radius 1 is 0.528 bits per heavy atom. The molecule has 0 fully saturated rings. The van der Waals surface area contributed by atoms with Gasteiger partial charge in [0.05, 0.1) is 34.1 Å². The van der Waals surface area contributed by atoms with Crippen LogP contribution in [0.5, 0.6) is 11.5 Å². The van der Waals surface area contributed by atoms with Crippen molar-refractivity contribution in [1.82, 2.24) is 9.97 Å². The molecule has 6 aromatic rings. The Hall–Kier alpha value is -7.33. The first-order valence-electron chi connectivity index (χ1n) is 22.2. The molecule has 6 rings (SSSR count). The van der Waals surface area contributed by atoms with Crippen LogP contribution in [-0.2, 0) is 53.2 Å². The van der Waals surface area contributed by atoms with Crippen molar-refractivity contribution < 1.29 is 73.6 Å². The number of hydrogen-bond acceptors (Lipinski definition) is 15. The first kappa shape index (κ1) is 59.0. The number of aromatic nitrogens is 2. The number of carbonyl (C=O) groups is 4. The predicted octanol–water partition coefficient (Wildman–Crippen LogP) is 12.9. The number of amides is 4. The first-order valence-corrected chi connectivity index (χ1v) is 22.2. The van der Waals surface area contributed by atoms with E-state index >= 15 is 0 Å². The molecule has 388 valence electrons. The van der Waals surface area contributed by atoms with E-state index in [2.05, 4.69) is 9.97 Å². The molecular weight excluding hydrogens is 1110 g/mol. The number of nitrogens with two attached hydrogens (primary N) is 1. The number of nitrogen functional groups attached to an aromatic ring is 1. The van der Waals surface area contributed by atoms with Gasteiger partial charge in [-0.2, -0.15) is 9.80 Å². The Labute approximate surface area is 434 Å². The Kier molecular flexibility index (Phi) is 19.8. The Morgan fingerprint density at radius 2 is 0.861 bits per heavy atom. The summed E-state index contributed by atoms with van der Waals surface area (Å²) in [5.74, 6) is 1.02. The van der Waals surface area contributed by atoms with Crippen molar-refractivity contribution in [2.75, 3.05) is 15.5 Å². The van der Waals surface area contributed by atoms with Gasteiger partial charge < -0.3 is 41.6 Å². The summed E-state index contributed by atoms with van der Waals surface area (Å²) in [7, 11) is 0. The van der Waals surface area contributed by atoms with Crippen LogP contribution in [0.15, 0.2) is 110 Å². The minimum Gasteiger partial charge on any atom is -0.488 e. The molecule has 0 spiro atoms. The fraction of sp³-hybridized carbons (Fsp3) is 0.340. The number of ether oxygens (including phenoxy) is 6. The maximum absolute atomic E-state index is 13.1. The number of nitro groups is 1. The molecule has 0 radical (unpaired) electrons. The average Bonchev–Trinajstić information content (AvgIpc) is 3.24. The molecule has 4 aromatic carbocycles. The predicted molar refractivity (Wildman–Crippen MR) is 272 cm³/mol. The second kappa shape index (κ2) is 24.2. The monoisotopic (exact) mass is 1170 g/mol. The third kappa shape index (κ3) is 16.4. The van der Waals surface area contributed by atoms with Crippen molar-refractivity contribution in [3.63, 3.8) is 0 Å². The number of rotatable bonds is 9. The van der Waals surface area contributed by atoms with Crippen LogP contribution in [0, 0.1) is 17.5 Å². The van der Waals surface area contributed by atoms with Crippen molar-refractivity contribution in [1.29, 1.82) is 0 Å². The number of pyridine rings is 2. The van der Waals surface area contributed by atoms with Gasteiger partial charge in [0.2, 0.25) is 0 Å². The number of nitrogens with zero attached hydrogens (tertiary/aromatic N) is 5. The van der Waals surface area contributed by atoms with E-state index in [0.717, 1.165) is 20.6 Å². The number of fused-ring (bicyclic) bond motifs is 2. The first-order chi connectivity index (χ1) is 32.6. The van der Waals surface area contributed by atoms with Gasteiger partial charge in [-0.05, 0) is 119 Å². The van der Waals surface area contributed by atoms with Gasteiger partial charge >= 0.3 is 24.4 Å². The van der Waals surface area contributed by atoms with E-state index in [1.54, 1.807) is 138 Å². The molecule has 0 aliphatic rings. The maximum atomic E-state index is 13.1. The van der Waals surface area contributed by atoms with Crippen LogP contribution in [0.1, 0.15) is 94.2 Å². The number of non-ortho nitro benzene ring substituents is 1. The van der Waals surface area contributed by atoms with Gasteiger partial charge in [0, 0.05) is 72.5 Å². The molecule has 2 heterocycles. The van der Waals surface area contributed by atoms with Crippen LogP contribution >= 0.6 is 0 Å². The fourth-order valence-corrected chi connectivity index (χ4v) is 6.52. The quantitative estimate of drug-likeness (QED) is 0.0467. The molecule has 0 unspecified atom stereocenters. The second-order valence-electron chi connectivity index (χ2n) is 19.8. The Balaban J connectivity index is 0.000000371. The van der Waals surface area contributed by atoms with E-state index in [0.29, 0.717) is 39.1 Å². The Morgan fingerprint density at radius 3 is 1.22 bits per heavy atom. The number of nitro benzene ring substituents is 1. The number of anilines is 3. The summed E-state index contributed by atoms with van der Waals surface area (Å²) < 4.78 is 34.0. The molecular formula is C53H63N6O12Pt-. The van der Waals surface area contributed by atoms with E-state index in [4.69, 9.17) is 34.2 Å². The van der Waals surface area contributed by atoms with Crippen LogP contribution in [0.4, 0.5) is 41.9 Å². The van der Waals surface area contributed by atoms with E-state index in [1.807, 2.05) is 24.3 Å². The number of benzene rings is 4. The molecule has 0 aliphatic heterocycles. The third-order valence-corrected chi connectivity index (χ3v) is 9.30. The van der Waals surface area contributed by atoms with Crippen LogP contribution in [0.25, 0.3) is 21.5 Å². The molecule has 0 saturated carbocycles. The van der Waals surface area contributed by atoms with Gasteiger partial charge in [-0.1, -0.05) is 42.5 Å². The summed E-state index contributed by atoms with van der Waals surface area (Å²) >= 11 is 0. The van der Waals surface area contributed by atoms with Gasteiger partial charge in [0.15, 0.2) is 0 Å².